The normalized spacial score (nSPS) is 22.4. The first-order valence-corrected chi connectivity index (χ1v) is 9.52. The second-order valence-electron chi connectivity index (χ2n) is 7.02. The van der Waals surface area contributed by atoms with E-state index in [1.54, 1.807) is 11.3 Å². The molecule has 5 nitrogen and oxygen atoms in total. The van der Waals surface area contributed by atoms with E-state index in [4.69, 9.17) is 4.42 Å². The summed E-state index contributed by atoms with van der Waals surface area (Å²) < 4.78 is 5.97. The Morgan fingerprint density at radius 1 is 1.46 bits per heavy atom. The van der Waals surface area contributed by atoms with Gasteiger partial charge in [-0.15, -0.1) is 11.3 Å². The Labute approximate surface area is 146 Å². The summed E-state index contributed by atoms with van der Waals surface area (Å²) in [7, 11) is 0. The Balaban J connectivity index is 1.36. The van der Waals surface area contributed by atoms with Crippen molar-refractivity contribution in [2.24, 2.45) is 5.92 Å². The van der Waals surface area contributed by atoms with Crippen LogP contribution in [0.25, 0.3) is 0 Å². The number of thiazole rings is 1. The average Bonchev–Trinajstić information content (AvgIpc) is 3.44. The molecule has 24 heavy (non-hydrogen) atoms. The van der Waals surface area contributed by atoms with Gasteiger partial charge in [0.05, 0.1) is 13.1 Å². The van der Waals surface area contributed by atoms with Crippen molar-refractivity contribution in [3.63, 3.8) is 0 Å². The summed E-state index contributed by atoms with van der Waals surface area (Å²) in [5.74, 6) is 3.27. The number of furan rings is 1. The number of aromatic nitrogens is 1. The molecule has 4 rings (SSSR count). The fourth-order valence-corrected chi connectivity index (χ4v) is 3.77. The fourth-order valence-electron chi connectivity index (χ4n) is 3.05. The minimum absolute atomic E-state index is 0.0249. The van der Waals surface area contributed by atoms with Gasteiger partial charge in [-0.05, 0) is 44.2 Å². The third-order valence-electron chi connectivity index (χ3n) is 4.79. The molecule has 6 heteroatoms. The van der Waals surface area contributed by atoms with Crippen molar-refractivity contribution >= 4 is 17.4 Å². The molecule has 2 unspecified atom stereocenters. The SMILES string of the molecule is Cc1csc(CNC(=O)N(Cc2ccc(C3CC3C)o2)C2CC2)n1. The monoisotopic (exact) mass is 345 g/mol. The van der Waals surface area contributed by atoms with Crippen molar-refractivity contribution < 1.29 is 9.21 Å². The summed E-state index contributed by atoms with van der Waals surface area (Å²) in [6.45, 7) is 5.25. The van der Waals surface area contributed by atoms with Crippen LogP contribution in [0.2, 0.25) is 0 Å². The Morgan fingerprint density at radius 3 is 2.88 bits per heavy atom. The highest BCUT2D eigenvalue weighted by atomic mass is 32.1. The zero-order chi connectivity index (χ0) is 16.7. The lowest BCUT2D eigenvalue weighted by atomic mass is 10.3. The lowest BCUT2D eigenvalue weighted by Crippen LogP contribution is -2.40. The van der Waals surface area contributed by atoms with Gasteiger partial charge < -0.3 is 14.6 Å². The molecule has 2 amide bonds. The van der Waals surface area contributed by atoms with Crippen molar-refractivity contribution in [3.8, 4) is 0 Å². The van der Waals surface area contributed by atoms with Gasteiger partial charge in [-0.25, -0.2) is 9.78 Å². The van der Waals surface area contributed by atoms with Gasteiger partial charge in [0.1, 0.15) is 16.5 Å². The van der Waals surface area contributed by atoms with Crippen LogP contribution in [0.3, 0.4) is 0 Å². The molecule has 0 saturated heterocycles. The molecule has 2 aromatic rings. The molecule has 1 N–H and O–H groups in total. The number of urea groups is 1. The molecule has 2 atom stereocenters. The summed E-state index contributed by atoms with van der Waals surface area (Å²) >= 11 is 1.58. The quantitative estimate of drug-likeness (QED) is 0.859. The Kier molecular flexibility index (Phi) is 4.08. The van der Waals surface area contributed by atoms with Gasteiger partial charge in [0, 0.05) is 23.0 Å². The number of hydrogen-bond donors (Lipinski definition) is 1. The standard InChI is InChI=1S/C18H23N3O2S/c1-11-7-15(11)16-6-5-14(23-16)9-21(13-3-4-13)18(22)19-8-17-20-12(2)10-24-17/h5-6,10-11,13,15H,3-4,7-9H2,1-2H3,(H,19,22). The predicted octanol–water partition coefficient (Wildman–Crippen LogP) is 4.04. The number of carbonyl (C=O) groups excluding carboxylic acids is 1. The number of nitrogens with one attached hydrogen (secondary N) is 1. The summed E-state index contributed by atoms with van der Waals surface area (Å²) in [6, 6.07) is 4.41. The van der Waals surface area contributed by atoms with Crippen LogP contribution in [0, 0.1) is 12.8 Å². The van der Waals surface area contributed by atoms with Crippen LogP contribution in [-0.2, 0) is 13.1 Å². The third kappa shape index (κ3) is 3.48. The van der Waals surface area contributed by atoms with E-state index in [9.17, 15) is 4.79 Å². The molecule has 2 heterocycles. The first-order chi connectivity index (χ1) is 11.6. The number of carbonyl (C=O) groups is 1. The second-order valence-corrected chi connectivity index (χ2v) is 7.97. The van der Waals surface area contributed by atoms with E-state index in [-0.39, 0.29) is 6.03 Å². The van der Waals surface area contributed by atoms with Crippen molar-refractivity contribution in [1.82, 2.24) is 15.2 Å². The number of nitrogens with zero attached hydrogens (tertiary/aromatic N) is 2. The van der Waals surface area contributed by atoms with Gasteiger partial charge >= 0.3 is 6.03 Å². The first kappa shape index (κ1) is 15.7. The smallest absolute Gasteiger partial charge is 0.318 e. The van der Waals surface area contributed by atoms with Crippen LogP contribution < -0.4 is 5.32 Å². The van der Waals surface area contributed by atoms with Crippen LogP contribution in [-0.4, -0.2) is 22.0 Å². The van der Waals surface area contributed by atoms with Gasteiger partial charge in [0.25, 0.3) is 0 Å². The summed E-state index contributed by atoms with van der Waals surface area (Å²) in [4.78, 5) is 18.9. The van der Waals surface area contributed by atoms with E-state index < -0.39 is 0 Å². The van der Waals surface area contributed by atoms with Crippen LogP contribution in [0.1, 0.15) is 54.3 Å². The van der Waals surface area contributed by atoms with Gasteiger partial charge in [0.2, 0.25) is 0 Å². The molecule has 128 valence electrons. The van der Waals surface area contributed by atoms with E-state index in [0.717, 1.165) is 41.0 Å². The van der Waals surface area contributed by atoms with Gasteiger partial charge in [0.15, 0.2) is 0 Å². The van der Waals surface area contributed by atoms with E-state index in [1.165, 1.54) is 6.42 Å². The Bertz CT molecular complexity index is 734. The molecule has 0 aliphatic heterocycles. The largest absolute Gasteiger partial charge is 0.464 e. The van der Waals surface area contributed by atoms with Crippen LogP contribution in [0.5, 0.6) is 0 Å². The van der Waals surface area contributed by atoms with E-state index in [0.29, 0.717) is 25.0 Å². The summed E-state index contributed by atoms with van der Waals surface area (Å²) in [5, 5.41) is 5.94. The molecule has 0 bridgehead atoms. The highest BCUT2D eigenvalue weighted by molar-refractivity contribution is 7.09. The zero-order valence-corrected chi connectivity index (χ0v) is 14.9. The molecule has 0 spiro atoms. The van der Waals surface area contributed by atoms with Crippen molar-refractivity contribution in [2.75, 3.05) is 0 Å². The average molecular weight is 345 g/mol. The highest BCUT2D eigenvalue weighted by Crippen LogP contribution is 2.47. The van der Waals surface area contributed by atoms with Gasteiger partial charge in [-0.1, -0.05) is 6.92 Å². The number of rotatable bonds is 6. The number of aryl methyl sites for hydroxylation is 1. The molecule has 2 aliphatic rings. The van der Waals surface area contributed by atoms with Crippen molar-refractivity contribution in [1.29, 1.82) is 0 Å². The highest BCUT2D eigenvalue weighted by Gasteiger charge is 2.37. The molecule has 2 aliphatic carbocycles. The van der Waals surface area contributed by atoms with Crippen LogP contribution in [0.15, 0.2) is 21.9 Å². The van der Waals surface area contributed by atoms with Crippen LogP contribution >= 0.6 is 11.3 Å². The summed E-state index contributed by atoms with van der Waals surface area (Å²) in [6.07, 6.45) is 3.38. The topological polar surface area (TPSA) is 58.4 Å². The molecule has 0 radical (unpaired) electrons. The maximum atomic E-state index is 12.6. The Morgan fingerprint density at radius 2 is 2.25 bits per heavy atom. The van der Waals surface area contributed by atoms with Crippen molar-refractivity contribution in [3.05, 3.63) is 39.7 Å². The molecule has 0 aromatic carbocycles. The minimum Gasteiger partial charge on any atom is -0.464 e. The molecule has 2 saturated carbocycles. The van der Waals surface area contributed by atoms with E-state index >= 15 is 0 Å². The fraction of sp³-hybridized carbons (Fsp3) is 0.556. The number of amides is 2. The Hall–Kier alpha value is -1.82. The van der Waals surface area contributed by atoms with Gasteiger partial charge in [-0.3, -0.25) is 0 Å². The molecular weight excluding hydrogens is 322 g/mol. The maximum Gasteiger partial charge on any atom is 0.318 e. The van der Waals surface area contributed by atoms with Gasteiger partial charge in [-0.2, -0.15) is 0 Å². The lowest BCUT2D eigenvalue weighted by molar-refractivity contribution is 0.186. The number of hydrogen-bond acceptors (Lipinski definition) is 4. The van der Waals surface area contributed by atoms with Crippen molar-refractivity contribution in [2.45, 2.75) is 58.2 Å². The minimum atomic E-state index is -0.0249. The maximum absolute atomic E-state index is 12.6. The zero-order valence-electron chi connectivity index (χ0n) is 14.1. The molecule has 2 aromatic heterocycles. The summed E-state index contributed by atoms with van der Waals surface area (Å²) in [5.41, 5.74) is 1.00. The molecular formula is C18H23N3O2S. The first-order valence-electron chi connectivity index (χ1n) is 8.64. The molecule has 2 fully saturated rings. The second kappa shape index (κ2) is 6.24. The predicted molar refractivity (Wildman–Crippen MR) is 92.9 cm³/mol. The lowest BCUT2D eigenvalue weighted by Gasteiger charge is -2.21. The third-order valence-corrected chi connectivity index (χ3v) is 5.76. The van der Waals surface area contributed by atoms with Crippen LogP contribution in [0.4, 0.5) is 4.79 Å². The van der Waals surface area contributed by atoms with E-state index in [1.807, 2.05) is 23.3 Å². The van der Waals surface area contributed by atoms with E-state index in [2.05, 4.69) is 23.3 Å².